The molecule has 6 nitrogen and oxygen atoms in total. The molecule has 4 atom stereocenters. The average molecular weight is 285 g/mol. The Kier molecular flexibility index (Phi) is 3.56. The molecule has 1 fully saturated rings. The summed E-state index contributed by atoms with van der Waals surface area (Å²) < 4.78 is 21.0. The predicted molar refractivity (Wildman–Crippen MR) is 67.1 cm³/mol. The Hall–Kier alpha value is -1.53. The lowest BCUT2D eigenvalue weighted by molar-refractivity contribution is -0.0533. The third kappa shape index (κ3) is 2.11. The molecule has 102 valence electrons. The van der Waals surface area contributed by atoms with Crippen molar-refractivity contribution in [1.29, 1.82) is 0 Å². The number of anilines is 1. The monoisotopic (exact) mass is 285 g/mol. The van der Waals surface area contributed by atoms with Crippen molar-refractivity contribution >= 4 is 18.0 Å². The number of nitrogens with two attached hydrogens (primary N) is 1. The first-order valence-electron chi connectivity index (χ1n) is 5.39. The van der Waals surface area contributed by atoms with E-state index in [-0.39, 0.29) is 10.6 Å². The third-order valence-electron chi connectivity index (χ3n) is 2.95. The standard InChI is InChI=1S/C11H12FN3O3S/c1-2-11(12)8(17)6(5-16)18-9(11)15-4-3-7(13)14-10(15)19/h1,3-4,6,8-9,16-17H,5H2,(H2,13,14,19)/t6-,8+,9-,11?/m1/s1. The van der Waals surface area contributed by atoms with Gasteiger partial charge in [-0.05, 0) is 18.3 Å². The number of aliphatic hydroxyl groups excluding tert-OH is 2. The summed E-state index contributed by atoms with van der Waals surface area (Å²) in [7, 11) is 0. The molecule has 0 amide bonds. The summed E-state index contributed by atoms with van der Waals surface area (Å²) in [4.78, 5) is 3.79. The molecule has 19 heavy (non-hydrogen) atoms. The topological polar surface area (TPSA) is 93.5 Å². The van der Waals surface area contributed by atoms with E-state index in [1.807, 2.05) is 5.92 Å². The maximum absolute atomic E-state index is 14.7. The number of ether oxygens (including phenoxy) is 1. The van der Waals surface area contributed by atoms with Crippen molar-refractivity contribution in [3.05, 3.63) is 17.0 Å². The second kappa shape index (κ2) is 4.86. The lowest BCUT2D eigenvalue weighted by Gasteiger charge is -2.24. The van der Waals surface area contributed by atoms with Crippen LogP contribution < -0.4 is 5.73 Å². The zero-order valence-corrected chi connectivity index (χ0v) is 10.5. The Labute approximate surface area is 113 Å². The Balaban J connectivity index is 2.49. The second-order valence-corrected chi connectivity index (χ2v) is 4.47. The summed E-state index contributed by atoms with van der Waals surface area (Å²) in [6.45, 7) is -0.569. The Morgan fingerprint density at radius 2 is 2.42 bits per heavy atom. The second-order valence-electron chi connectivity index (χ2n) is 4.11. The van der Waals surface area contributed by atoms with Crippen molar-refractivity contribution in [2.24, 2.45) is 0 Å². The van der Waals surface area contributed by atoms with E-state index in [1.165, 1.54) is 12.3 Å². The van der Waals surface area contributed by atoms with E-state index < -0.39 is 30.7 Å². The smallest absolute Gasteiger partial charge is 0.243 e. The van der Waals surface area contributed by atoms with Crippen LogP contribution in [0.4, 0.5) is 10.2 Å². The summed E-state index contributed by atoms with van der Waals surface area (Å²) in [5, 5.41) is 18.8. The first kappa shape index (κ1) is 13.9. The van der Waals surface area contributed by atoms with E-state index in [0.717, 1.165) is 4.57 Å². The van der Waals surface area contributed by atoms with Crippen LogP contribution in [0.5, 0.6) is 0 Å². The van der Waals surface area contributed by atoms with E-state index in [4.69, 9.17) is 34.2 Å². The van der Waals surface area contributed by atoms with Gasteiger partial charge >= 0.3 is 0 Å². The Morgan fingerprint density at radius 1 is 1.74 bits per heavy atom. The van der Waals surface area contributed by atoms with Gasteiger partial charge < -0.3 is 20.7 Å². The van der Waals surface area contributed by atoms with Gasteiger partial charge in [-0.2, -0.15) is 0 Å². The maximum Gasteiger partial charge on any atom is 0.243 e. The van der Waals surface area contributed by atoms with Crippen LogP contribution in [0.2, 0.25) is 0 Å². The molecule has 0 aromatic carbocycles. The van der Waals surface area contributed by atoms with Crippen LogP contribution in [0.25, 0.3) is 0 Å². The first-order valence-corrected chi connectivity index (χ1v) is 5.80. The van der Waals surface area contributed by atoms with Gasteiger partial charge in [-0.3, -0.25) is 4.57 Å². The van der Waals surface area contributed by atoms with Crippen LogP contribution in [0.15, 0.2) is 12.3 Å². The number of hydrogen-bond acceptors (Lipinski definition) is 6. The molecule has 2 rings (SSSR count). The van der Waals surface area contributed by atoms with E-state index in [1.54, 1.807) is 0 Å². The fraction of sp³-hybridized carbons (Fsp3) is 0.455. The number of terminal acetylenes is 1. The fourth-order valence-corrected chi connectivity index (χ4v) is 2.19. The molecule has 1 aromatic heterocycles. The summed E-state index contributed by atoms with van der Waals surface area (Å²) in [5.74, 6) is 2.04. The van der Waals surface area contributed by atoms with Gasteiger partial charge in [0.1, 0.15) is 18.0 Å². The molecule has 1 saturated heterocycles. The molecule has 1 aliphatic rings. The minimum Gasteiger partial charge on any atom is -0.394 e. The number of alkyl halides is 1. The van der Waals surface area contributed by atoms with Crippen LogP contribution in [0, 0.1) is 17.1 Å². The highest BCUT2D eigenvalue weighted by Crippen LogP contribution is 2.41. The highest BCUT2D eigenvalue weighted by atomic mass is 32.1. The zero-order valence-electron chi connectivity index (χ0n) is 9.73. The quantitative estimate of drug-likeness (QED) is 0.514. The van der Waals surface area contributed by atoms with Crippen LogP contribution in [0.3, 0.4) is 0 Å². The highest BCUT2D eigenvalue weighted by molar-refractivity contribution is 7.71. The molecule has 1 aromatic rings. The lowest BCUT2D eigenvalue weighted by Crippen LogP contribution is -2.42. The number of hydrogen-bond donors (Lipinski definition) is 3. The van der Waals surface area contributed by atoms with Crippen LogP contribution in [-0.2, 0) is 4.74 Å². The van der Waals surface area contributed by atoms with Crippen molar-refractivity contribution in [2.75, 3.05) is 12.3 Å². The van der Waals surface area contributed by atoms with E-state index in [9.17, 15) is 9.50 Å². The van der Waals surface area contributed by atoms with Gasteiger partial charge in [0, 0.05) is 6.20 Å². The summed E-state index contributed by atoms with van der Waals surface area (Å²) in [6.07, 6.45) is 2.35. The minimum absolute atomic E-state index is 0.0342. The number of rotatable bonds is 2. The minimum atomic E-state index is -2.51. The van der Waals surface area contributed by atoms with Crippen molar-refractivity contribution in [2.45, 2.75) is 24.1 Å². The molecule has 1 aliphatic heterocycles. The third-order valence-corrected chi connectivity index (χ3v) is 3.25. The maximum atomic E-state index is 14.7. The van der Waals surface area contributed by atoms with Gasteiger partial charge in [0.25, 0.3) is 0 Å². The SMILES string of the molecule is C#CC1(F)[C@@H](O)[C@@H](CO)O[C@H]1n1ccc(N)nc1=S. The molecule has 0 bridgehead atoms. The molecular weight excluding hydrogens is 273 g/mol. The molecule has 0 aliphatic carbocycles. The average Bonchev–Trinajstić information content (AvgIpc) is 2.63. The summed E-state index contributed by atoms with van der Waals surface area (Å²) >= 11 is 4.95. The number of nitrogens with zero attached hydrogens (tertiary/aromatic N) is 2. The number of halogens is 1. The van der Waals surface area contributed by atoms with Crippen molar-refractivity contribution in [3.8, 4) is 12.3 Å². The number of aliphatic hydroxyl groups is 2. The highest BCUT2D eigenvalue weighted by Gasteiger charge is 2.57. The Morgan fingerprint density at radius 3 is 2.95 bits per heavy atom. The van der Waals surface area contributed by atoms with Gasteiger partial charge in [-0.1, -0.05) is 5.92 Å². The van der Waals surface area contributed by atoms with Crippen molar-refractivity contribution < 1.29 is 19.3 Å². The largest absolute Gasteiger partial charge is 0.394 e. The molecule has 0 radical (unpaired) electrons. The van der Waals surface area contributed by atoms with Crippen LogP contribution >= 0.6 is 12.2 Å². The number of aromatic nitrogens is 2. The zero-order chi connectivity index (χ0) is 14.2. The molecule has 2 heterocycles. The predicted octanol–water partition coefficient (Wildman–Crippen LogP) is -0.213. The van der Waals surface area contributed by atoms with E-state index in [2.05, 4.69) is 4.98 Å². The van der Waals surface area contributed by atoms with Crippen molar-refractivity contribution in [3.63, 3.8) is 0 Å². The molecule has 8 heteroatoms. The van der Waals surface area contributed by atoms with E-state index in [0.29, 0.717) is 0 Å². The van der Waals surface area contributed by atoms with Crippen LogP contribution in [0.1, 0.15) is 6.23 Å². The van der Waals surface area contributed by atoms with Gasteiger partial charge in [0.2, 0.25) is 10.4 Å². The molecule has 1 unspecified atom stereocenters. The summed E-state index contributed by atoms with van der Waals surface area (Å²) in [6, 6.07) is 1.40. The van der Waals surface area contributed by atoms with Crippen LogP contribution in [-0.4, -0.2) is 44.2 Å². The van der Waals surface area contributed by atoms with Crippen molar-refractivity contribution in [1.82, 2.24) is 9.55 Å². The van der Waals surface area contributed by atoms with E-state index >= 15 is 0 Å². The van der Waals surface area contributed by atoms with Gasteiger partial charge in [-0.15, -0.1) is 6.42 Å². The van der Waals surface area contributed by atoms with Gasteiger partial charge in [0.15, 0.2) is 6.23 Å². The first-order chi connectivity index (χ1) is 8.93. The van der Waals surface area contributed by atoms with Gasteiger partial charge in [-0.25, -0.2) is 9.37 Å². The number of nitrogen functional groups attached to an aromatic ring is 1. The molecular formula is C11H12FN3O3S. The van der Waals surface area contributed by atoms with Gasteiger partial charge in [0.05, 0.1) is 6.61 Å². The molecule has 0 saturated carbocycles. The molecule has 0 spiro atoms. The Bertz CT molecular complexity index is 587. The molecule has 4 N–H and O–H groups in total. The normalized spacial score (nSPS) is 34.1. The fourth-order valence-electron chi connectivity index (χ4n) is 1.93. The lowest BCUT2D eigenvalue weighted by atomic mass is 9.97. The summed E-state index contributed by atoms with van der Waals surface area (Å²) in [5.41, 5.74) is 2.94.